The maximum absolute atomic E-state index is 5.40. The van der Waals surface area contributed by atoms with E-state index in [1.807, 2.05) is 42.5 Å². The average Bonchev–Trinajstić information content (AvgIpc) is 3.30. The second-order valence-electron chi connectivity index (χ2n) is 7.89. The van der Waals surface area contributed by atoms with Crippen LogP contribution < -0.4 is 9.80 Å². The molecule has 5 rings (SSSR count). The molecule has 0 bridgehead atoms. The zero-order valence-electron chi connectivity index (χ0n) is 17.6. The van der Waals surface area contributed by atoms with E-state index in [4.69, 9.17) is 4.52 Å². The van der Waals surface area contributed by atoms with E-state index >= 15 is 0 Å². The smallest absolute Gasteiger partial charge is 0.278 e. The van der Waals surface area contributed by atoms with Crippen LogP contribution in [0.4, 0.5) is 11.5 Å². The van der Waals surface area contributed by atoms with Crippen LogP contribution in [0.25, 0.3) is 23.0 Å². The molecule has 1 unspecified atom stereocenters. The second-order valence-corrected chi connectivity index (χ2v) is 7.89. The summed E-state index contributed by atoms with van der Waals surface area (Å²) < 4.78 is 5.40. The van der Waals surface area contributed by atoms with E-state index in [1.54, 1.807) is 0 Å². The van der Waals surface area contributed by atoms with Crippen molar-refractivity contribution in [2.75, 3.05) is 29.4 Å². The minimum atomic E-state index is 0.371. The van der Waals surface area contributed by atoms with Crippen LogP contribution >= 0.6 is 0 Å². The van der Waals surface area contributed by atoms with Crippen molar-refractivity contribution in [2.24, 2.45) is 0 Å². The van der Waals surface area contributed by atoms with E-state index < -0.39 is 0 Å². The maximum Gasteiger partial charge on any atom is 0.278 e. The molecule has 7 nitrogen and oxygen atoms in total. The van der Waals surface area contributed by atoms with Crippen LogP contribution in [0.15, 0.2) is 71.3 Å². The first-order valence-electron chi connectivity index (χ1n) is 10.5. The number of rotatable bonds is 4. The molecule has 0 N–H and O–H groups in total. The molecule has 156 valence electrons. The highest BCUT2D eigenvalue weighted by molar-refractivity contribution is 5.58. The second kappa shape index (κ2) is 8.18. The molecule has 2 aromatic heterocycles. The fourth-order valence-corrected chi connectivity index (χ4v) is 4.00. The first-order valence-corrected chi connectivity index (χ1v) is 10.5. The Kier molecular flexibility index (Phi) is 5.08. The van der Waals surface area contributed by atoms with Crippen molar-refractivity contribution in [3.05, 3.63) is 72.3 Å². The highest BCUT2D eigenvalue weighted by Gasteiger charge is 2.25. The Bertz CT molecular complexity index is 1160. The van der Waals surface area contributed by atoms with E-state index in [2.05, 4.69) is 68.3 Å². The monoisotopic (exact) mass is 412 g/mol. The number of anilines is 2. The third-order valence-electron chi connectivity index (χ3n) is 5.61. The van der Waals surface area contributed by atoms with E-state index in [9.17, 15) is 0 Å². The number of nitrogens with zero attached hydrogens (tertiary/aromatic N) is 6. The molecule has 0 aliphatic carbocycles. The normalized spacial score (nSPS) is 16.5. The predicted octanol–water partition coefficient (Wildman–Crippen LogP) is 4.22. The number of aryl methyl sites for hydroxylation is 1. The third kappa shape index (κ3) is 3.99. The van der Waals surface area contributed by atoms with Crippen LogP contribution in [0.5, 0.6) is 0 Å². The molecular formula is C24H24N6O. The largest absolute Gasteiger partial charge is 0.365 e. The van der Waals surface area contributed by atoms with E-state index in [-0.39, 0.29) is 0 Å². The summed E-state index contributed by atoms with van der Waals surface area (Å²) in [4.78, 5) is 9.18. The SMILES string of the molecule is Cc1cccc(N2CCN(c3ccc(-c4nc(-c5ccccc5)no4)nn3)CC2C)c1. The van der Waals surface area contributed by atoms with Gasteiger partial charge in [0.25, 0.3) is 5.89 Å². The van der Waals surface area contributed by atoms with Gasteiger partial charge in [-0.15, -0.1) is 10.2 Å². The molecule has 1 aliphatic heterocycles. The van der Waals surface area contributed by atoms with Crippen LogP contribution in [0, 0.1) is 6.92 Å². The van der Waals surface area contributed by atoms with Gasteiger partial charge in [0.15, 0.2) is 11.5 Å². The van der Waals surface area contributed by atoms with Crippen molar-refractivity contribution in [1.29, 1.82) is 0 Å². The van der Waals surface area contributed by atoms with Gasteiger partial charge in [-0.25, -0.2) is 0 Å². The Hall–Kier alpha value is -3.74. The Morgan fingerprint density at radius 2 is 1.81 bits per heavy atom. The summed E-state index contributed by atoms with van der Waals surface area (Å²) >= 11 is 0. The lowest BCUT2D eigenvalue weighted by molar-refractivity contribution is 0.430. The Morgan fingerprint density at radius 1 is 0.935 bits per heavy atom. The number of piperazine rings is 1. The van der Waals surface area contributed by atoms with Crippen LogP contribution in [-0.4, -0.2) is 46.0 Å². The lowest BCUT2D eigenvalue weighted by Gasteiger charge is -2.41. The van der Waals surface area contributed by atoms with Gasteiger partial charge in [-0.1, -0.05) is 47.6 Å². The van der Waals surface area contributed by atoms with Crippen LogP contribution in [0.2, 0.25) is 0 Å². The molecule has 1 fully saturated rings. The molecule has 1 saturated heterocycles. The summed E-state index contributed by atoms with van der Waals surface area (Å²) in [6.07, 6.45) is 0. The minimum absolute atomic E-state index is 0.371. The van der Waals surface area contributed by atoms with Crippen LogP contribution in [-0.2, 0) is 0 Å². The third-order valence-corrected chi connectivity index (χ3v) is 5.61. The fourth-order valence-electron chi connectivity index (χ4n) is 4.00. The first kappa shape index (κ1) is 19.2. The predicted molar refractivity (Wildman–Crippen MR) is 121 cm³/mol. The number of hydrogen-bond donors (Lipinski definition) is 0. The molecule has 2 aromatic carbocycles. The molecule has 4 aromatic rings. The van der Waals surface area contributed by atoms with Gasteiger partial charge in [-0.2, -0.15) is 4.98 Å². The number of aromatic nitrogens is 4. The molecule has 31 heavy (non-hydrogen) atoms. The molecule has 7 heteroatoms. The zero-order valence-corrected chi connectivity index (χ0v) is 17.6. The van der Waals surface area contributed by atoms with Gasteiger partial charge in [-0.05, 0) is 43.7 Å². The topological polar surface area (TPSA) is 71.2 Å². The Morgan fingerprint density at radius 3 is 2.55 bits per heavy atom. The summed E-state index contributed by atoms with van der Waals surface area (Å²) in [5.41, 5.74) is 4.04. The molecule has 0 radical (unpaired) electrons. The lowest BCUT2D eigenvalue weighted by atomic mass is 10.1. The summed E-state index contributed by atoms with van der Waals surface area (Å²) in [5, 5.41) is 12.8. The number of hydrogen-bond acceptors (Lipinski definition) is 7. The van der Waals surface area contributed by atoms with Crippen molar-refractivity contribution in [1.82, 2.24) is 20.3 Å². The van der Waals surface area contributed by atoms with E-state index in [0.717, 1.165) is 31.0 Å². The van der Waals surface area contributed by atoms with Crippen molar-refractivity contribution in [2.45, 2.75) is 19.9 Å². The van der Waals surface area contributed by atoms with Gasteiger partial charge in [-0.3, -0.25) is 0 Å². The molecule has 0 saturated carbocycles. The molecule has 0 spiro atoms. The highest BCUT2D eigenvalue weighted by atomic mass is 16.5. The van der Waals surface area contributed by atoms with Crippen LogP contribution in [0.3, 0.4) is 0 Å². The summed E-state index contributed by atoms with van der Waals surface area (Å²) in [6.45, 7) is 7.11. The molecule has 3 heterocycles. The first-order chi connectivity index (χ1) is 15.2. The number of benzene rings is 2. The fraction of sp³-hybridized carbons (Fsp3) is 0.250. The van der Waals surface area contributed by atoms with Gasteiger partial charge in [0, 0.05) is 36.9 Å². The lowest BCUT2D eigenvalue weighted by Crippen LogP contribution is -2.52. The van der Waals surface area contributed by atoms with Crippen molar-refractivity contribution < 1.29 is 4.52 Å². The molecule has 1 aliphatic rings. The Balaban J connectivity index is 1.28. The van der Waals surface area contributed by atoms with Crippen molar-refractivity contribution in [3.8, 4) is 23.0 Å². The minimum Gasteiger partial charge on any atom is -0.365 e. The quantitative estimate of drug-likeness (QED) is 0.497. The Labute approximate surface area is 181 Å². The van der Waals surface area contributed by atoms with Gasteiger partial charge in [0.05, 0.1) is 0 Å². The highest BCUT2D eigenvalue weighted by Crippen LogP contribution is 2.25. The zero-order chi connectivity index (χ0) is 21.2. The maximum atomic E-state index is 5.40. The van der Waals surface area contributed by atoms with E-state index in [1.165, 1.54) is 11.3 Å². The van der Waals surface area contributed by atoms with Gasteiger partial charge in [0.2, 0.25) is 5.82 Å². The van der Waals surface area contributed by atoms with Gasteiger partial charge >= 0.3 is 0 Å². The van der Waals surface area contributed by atoms with Crippen molar-refractivity contribution in [3.63, 3.8) is 0 Å². The summed E-state index contributed by atoms with van der Waals surface area (Å²) in [7, 11) is 0. The summed E-state index contributed by atoms with van der Waals surface area (Å²) in [5.74, 6) is 1.78. The molecule has 1 atom stereocenters. The molecule has 0 amide bonds. The van der Waals surface area contributed by atoms with Crippen molar-refractivity contribution >= 4 is 11.5 Å². The average molecular weight is 412 g/mol. The standard InChI is InChI=1S/C24H24N6O/c1-17-7-6-10-20(15-17)30-14-13-29(16-18(30)2)22-12-11-21(26-27-22)24-25-23(28-31-24)19-8-4-3-5-9-19/h3-12,15,18H,13-14,16H2,1-2H3. The van der Waals surface area contributed by atoms with Gasteiger partial charge in [0.1, 0.15) is 0 Å². The van der Waals surface area contributed by atoms with Crippen LogP contribution in [0.1, 0.15) is 12.5 Å². The van der Waals surface area contributed by atoms with E-state index in [0.29, 0.717) is 23.5 Å². The molecular weight excluding hydrogens is 388 g/mol. The van der Waals surface area contributed by atoms with Gasteiger partial charge < -0.3 is 14.3 Å². The summed E-state index contributed by atoms with van der Waals surface area (Å²) in [6, 6.07) is 22.7.